The zero-order valence-corrected chi connectivity index (χ0v) is 9.12. The van der Waals surface area contributed by atoms with Crippen molar-refractivity contribution in [3.8, 4) is 23.0 Å². The van der Waals surface area contributed by atoms with E-state index in [1.807, 2.05) is 31.2 Å². The molecule has 0 atom stereocenters. The van der Waals surface area contributed by atoms with E-state index in [9.17, 15) is 0 Å². The fourth-order valence-corrected chi connectivity index (χ4v) is 1.46. The molecule has 0 N–H and O–H groups in total. The van der Waals surface area contributed by atoms with Crippen molar-refractivity contribution >= 4 is 0 Å². The third kappa shape index (κ3) is 1.82. The van der Waals surface area contributed by atoms with Gasteiger partial charge in [-0.25, -0.2) is 4.98 Å². The van der Waals surface area contributed by atoms with Gasteiger partial charge in [0.25, 0.3) is 5.89 Å². The summed E-state index contributed by atoms with van der Waals surface area (Å²) in [7, 11) is 0. The highest BCUT2D eigenvalue weighted by Crippen LogP contribution is 2.21. The van der Waals surface area contributed by atoms with Crippen molar-refractivity contribution in [1.82, 2.24) is 15.1 Å². The summed E-state index contributed by atoms with van der Waals surface area (Å²) in [5, 5.41) is 3.90. The predicted molar refractivity (Wildman–Crippen MR) is 60.0 cm³/mol. The van der Waals surface area contributed by atoms with Crippen LogP contribution in [0.15, 0.2) is 45.8 Å². The SMILES string of the molecule is Cc1ccc(-c2noc(-c3cnco3)n2)cc1. The van der Waals surface area contributed by atoms with E-state index in [-0.39, 0.29) is 0 Å². The van der Waals surface area contributed by atoms with Crippen LogP contribution in [-0.4, -0.2) is 15.1 Å². The minimum absolute atomic E-state index is 0.332. The van der Waals surface area contributed by atoms with E-state index in [0.717, 1.165) is 5.56 Å². The Hall–Kier alpha value is -2.43. The lowest BCUT2D eigenvalue weighted by atomic mass is 10.1. The molecule has 3 rings (SSSR count). The van der Waals surface area contributed by atoms with Crippen LogP contribution in [0, 0.1) is 6.92 Å². The predicted octanol–water partition coefficient (Wildman–Crippen LogP) is 2.70. The minimum atomic E-state index is 0.332. The lowest BCUT2D eigenvalue weighted by Gasteiger charge is -1.94. The Bertz CT molecular complexity index is 612. The largest absolute Gasteiger partial charge is 0.438 e. The molecule has 0 radical (unpaired) electrons. The highest BCUT2D eigenvalue weighted by Gasteiger charge is 2.12. The van der Waals surface area contributed by atoms with Crippen molar-refractivity contribution in [2.24, 2.45) is 0 Å². The number of benzene rings is 1. The molecule has 1 aromatic carbocycles. The van der Waals surface area contributed by atoms with Crippen LogP contribution in [0.1, 0.15) is 5.56 Å². The van der Waals surface area contributed by atoms with E-state index >= 15 is 0 Å². The maximum absolute atomic E-state index is 5.10. The molecule has 84 valence electrons. The van der Waals surface area contributed by atoms with Gasteiger partial charge in [0.2, 0.25) is 11.6 Å². The van der Waals surface area contributed by atoms with Gasteiger partial charge in [-0.2, -0.15) is 4.98 Å². The summed E-state index contributed by atoms with van der Waals surface area (Å²) in [6.45, 7) is 2.03. The fourth-order valence-electron chi connectivity index (χ4n) is 1.46. The van der Waals surface area contributed by atoms with Crippen LogP contribution in [0.3, 0.4) is 0 Å². The zero-order chi connectivity index (χ0) is 11.7. The molecule has 0 aliphatic carbocycles. The van der Waals surface area contributed by atoms with Gasteiger partial charge in [0, 0.05) is 5.56 Å². The minimum Gasteiger partial charge on any atom is -0.438 e. The van der Waals surface area contributed by atoms with E-state index in [4.69, 9.17) is 8.94 Å². The first kappa shape index (κ1) is 9.77. The summed E-state index contributed by atoms with van der Waals surface area (Å²) in [5.74, 6) is 1.34. The molecule has 0 aliphatic heterocycles. The summed E-state index contributed by atoms with van der Waals surface area (Å²) >= 11 is 0. The van der Waals surface area contributed by atoms with Gasteiger partial charge >= 0.3 is 0 Å². The Morgan fingerprint density at radius 1 is 1.12 bits per heavy atom. The van der Waals surface area contributed by atoms with Gasteiger partial charge in [-0.05, 0) is 6.92 Å². The first-order valence-electron chi connectivity index (χ1n) is 5.12. The Morgan fingerprint density at radius 3 is 2.65 bits per heavy atom. The molecule has 3 aromatic rings. The monoisotopic (exact) mass is 227 g/mol. The standard InChI is InChI=1S/C12H9N3O2/c1-8-2-4-9(5-3-8)11-14-12(17-15-11)10-6-13-7-16-10/h2-7H,1H3. The van der Waals surface area contributed by atoms with E-state index in [0.29, 0.717) is 17.5 Å². The second-order valence-corrected chi connectivity index (χ2v) is 3.65. The van der Waals surface area contributed by atoms with Crippen molar-refractivity contribution in [2.75, 3.05) is 0 Å². The summed E-state index contributed by atoms with van der Waals surface area (Å²) in [4.78, 5) is 8.04. The van der Waals surface area contributed by atoms with Crippen molar-refractivity contribution in [2.45, 2.75) is 6.92 Å². The third-order valence-electron chi connectivity index (χ3n) is 2.38. The molecule has 0 spiro atoms. The van der Waals surface area contributed by atoms with Crippen molar-refractivity contribution in [1.29, 1.82) is 0 Å². The Kier molecular flexibility index (Phi) is 2.22. The summed E-state index contributed by atoms with van der Waals surface area (Å²) in [6.07, 6.45) is 2.86. The number of hydrogen-bond acceptors (Lipinski definition) is 5. The van der Waals surface area contributed by atoms with Gasteiger partial charge < -0.3 is 8.94 Å². The summed E-state index contributed by atoms with van der Waals surface area (Å²) in [6, 6.07) is 7.90. The summed E-state index contributed by atoms with van der Waals surface area (Å²) in [5.41, 5.74) is 2.10. The molecule has 5 nitrogen and oxygen atoms in total. The van der Waals surface area contributed by atoms with E-state index in [1.165, 1.54) is 18.2 Å². The Labute approximate surface area is 97.1 Å². The molecule has 0 bridgehead atoms. The van der Waals surface area contributed by atoms with Crippen LogP contribution in [0.2, 0.25) is 0 Å². The molecule has 0 fully saturated rings. The molecule has 0 saturated carbocycles. The molecule has 0 aliphatic rings. The number of nitrogens with zero attached hydrogens (tertiary/aromatic N) is 3. The van der Waals surface area contributed by atoms with Crippen LogP contribution in [0.5, 0.6) is 0 Å². The van der Waals surface area contributed by atoms with Crippen molar-refractivity contribution in [3.05, 3.63) is 42.4 Å². The fraction of sp³-hybridized carbons (Fsp3) is 0.0833. The number of oxazole rings is 1. The molecular formula is C12H9N3O2. The topological polar surface area (TPSA) is 65.0 Å². The zero-order valence-electron chi connectivity index (χ0n) is 9.12. The molecule has 5 heteroatoms. The second-order valence-electron chi connectivity index (χ2n) is 3.65. The molecular weight excluding hydrogens is 218 g/mol. The van der Waals surface area contributed by atoms with Crippen LogP contribution in [-0.2, 0) is 0 Å². The average molecular weight is 227 g/mol. The molecule has 17 heavy (non-hydrogen) atoms. The highest BCUT2D eigenvalue weighted by molar-refractivity contribution is 5.57. The van der Waals surface area contributed by atoms with Crippen LogP contribution in [0.25, 0.3) is 23.0 Å². The van der Waals surface area contributed by atoms with Gasteiger partial charge in [-0.1, -0.05) is 35.0 Å². The van der Waals surface area contributed by atoms with Gasteiger partial charge in [-0.15, -0.1) is 0 Å². The average Bonchev–Trinajstić information content (AvgIpc) is 3.00. The first-order chi connectivity index (χ1) is 8.33. The van der Waals surface area contributed by atoms with E-state index in [1.54, 1.807) is 0 Å². The molecule has 0 saturated heterocycles. The van der Waals surface area contributed by atoms with Crippen molar-refractivity contribution < 1.29 is 8.94 Å². The van der Waals surface area contributed by atoms with Gasteiger partial charge in [-0.3, -0.25) is 0 Å². The molecule has 0 amide bonds. The van der Waals surface area contributed by atoms with Gasteiger partial charge in [0.15, 0.2) is 6.39 Å². The maximum Gasteiger partial charge on any atom is 0.295 e. The molecule has 0 unspecified atom stereocenters. The quantitative estimate of drug-likeness (QED) is 0.673. The lowest BCUT2D eigenvalue weighted by molar-refractivity contribution is 0.416. The van der Waals surface area contributed by atoms with E-state index in [2.05, 4.69) is 15.1 Å². The number of hydrogen-bond donors (Lipinski definition) is 0. The van der Waals surface area contributed by atoms with E-state index < -0.39 is 0 Å². The van der Waals surface area contributed by atoms with Crippen LogP contribution < -0.4 is 0 Å². The van der Waals surface area contributed by atoms with Gasteiger partial charge in [0.05, 0.1) is 6.20 Å². The van der Waals surface area contributed by atoms with Crippen molar-refractivity contribution in [3.63, 3.8) is 0 Å². The highest BCUT2D eigenvalue weighted by atomic mass is 16.5. The maximum atomic E-state index is 5.10. The Balaban J connectivity index is 1.98. The van der Waals surface area contributed by atoms with Gasteiger partial charge in [0.1, 0.15) is 0 Å². The Morgan fingerprint density at radius 2 is 1.94 bits per heavy atom. The van der Waals surface area contributed by atoms with Crippen LogP contribution in [0.4, 0.5) is 0 Å². The second kappa shape index (κ2) is 3.86. The third-order valence-corrected chi connectivity index (χ3v) is 2.38. The number of aromatic nitrogens is 3. The normalized spacial score (nSPS) is 10.6. The first-order valence-corrected chi connectivity index (χ1v) is 5.12. The van der Waals surface area contributed by atoms with Crippen LogP contribution >= 0.6 is 0 Å². The molecule has 2 heterocycles. The smallest absolute Gasteiger partial charge is 0.295 e. The summed E-state index contributed by atoms with van der Waals surface area (Å²) < 4.78 is 10.2. The lowest BCUT2D eigenvalue weighted by Crippen LogP contribution is -1.81. The number of rotatable bonds is 2. The number of aryl methyl sites for hydroxylation is 1. The molecule has 2 aromatic heterocycles.